The smallest absolute Gasteiger partial charge is 0.142 e. The van der Waals surface area contributed by atoms with Crippen LogP contribution in [-0.4, -0.2) is 65.1 Å². The summed E-state index contributed by atoms with van der Waals surface area (Å²) in [6, 6.07) is 20.6. The van der Waals surface area contributed by atoms with Gasteiger partial charge >= 0.3 is 0 Å². The maximum Gasteiger partial charge on any atom is 0.142 e. The summed E-state index contributed by atoms with van der Waals surface area (Å²) < 4.78 is 18.9. The maximum atomic E-state index is 9.49. The Morgan fingerprint density at radius 3 is 2.53 bits per heavy atom. The number of halogens is 1. The predicted octanol–water partition coefficient (Wildman–Crippen LogP) is 7.13. The molecule has 2 heterocycles. The van der Waals surface area contributed by atoms with Gasteiger partial charge in [0.05, 0.1) is 29.9 Å². The molecule has 3 N–H and O–H groups in total. The summed E-state index contributed by atoms with van der Waals surface area (Å²) in [7, 11) is 0. The summed E-state index contributed by atoms with van der Waals surface area (Å²) in [5.41, 5.74) is 7.71. The van der Waals surface area contributed by atoms with Crippen molar-refractivity contribution in [2.75, 3.05) is 32.8 Å². The zero-order valence-corrected chi connectivity index (χ0v) is 30.6. The minimum Gasteiger partial charge on any atom is -0.493 e. The van der Waals surface area contributed by atoms with Crippen molar-refractivity contribution < 1.29 is 24.4 Å². The molecule has 9 nitrogen and oxygen atoms in total. The minimum atomic E-state index is -0.750. The number of piperidine rings is 1. The molecular weight excluding hydrogens is 664 g/mol. The van der Waals surface area contributed by atoms with Gasteiger partial charge in [0.1, 0.15) is 36.5 Å². The van der Waals surface area contributed by atoms with Crippen molar-refractivity contribution in [2.45, 2.75) is 78.4 Å². The Bertz CT molecular complexity index is 1790. The van der Waals surface area contributed by atoms with E-state index in [-0.39, 0.29) is 13.2 Å². The Labute approximate surface area is 306 Å². The molecule has 1 fully saturated rings. The van der Waals surface area contributed by atoms with Gasteiger partial charge in [-0.3, -0.25) is 9.88 Å². The van der Waals surface area contributed by atoms with Gasteiger partial charge in [-0.25, -0.2) is 0 Å². The van der Waals surface area contributed by atoms with Crippen LogP contribution in [0.15, 0.2) is 67.0 Å². The van der Waals surface area contributed by atoms with Gasteiger partial charge < -0.3 is 29.7 Å². The fourth-order valence-electron chi connectivity index (χ4n) is 6.41. The van der Waals surface area contributed by atoms with Gasteiger partial charge in [0.15, 0.2) is 0 Å². The Balaban J connectivity index is 1.30. The fourth-order valence-corrected chi connectivity index (χ4v) is 6.65. The summed E-state index contributed by atoms with van der Waals surface area (Å²) in [6.45, 7) is 10.1. The number of aliphatic hydroxyl groups excluding tert-OH is 2. The van der Waals surface area contributed by atoms with Crippen LogP contribution in [0.5, 0.6) is 17.2 Å². The molecule has 0 bridgehead atoms. The van der Waals surface area contributed by atoms with Crippen molar-refractivity contribution >= 4 is 11.6 Å². The van der Waals surface area contributed by atoms with Gasteiger partial charge in [0.2, 0.25) is 0 Å². The molecule has 4 aromatic rings. The third kappa shape index (κ3) is 10.4. The number of rotatable bonds is 17. The van der Waals surface area contributed by atoms with Gasteiger partial charge in [-0.05, 0) is 99.1 Å². The fraction of sp³-hybridized carbons (Fsp3) is 0.415. The number of hydrogen-bond acceptors (Lipinski definition) is 9. The van der Waals surface area contributed by atoms with E-state index in [1.54, 1.807) is 18.5 Å². The number of aliphatic hydroxyl groups is 2. The first-order valence-corrected chi connectivity index (χ1v) is 18.1. The van der Waals surface area contributed by atoms with Crippen LogP contribution >= 0.6 is 11.6 Å². The first kappa shape index (κ1) is 38.1. The Kier molecular flexibility index (Phi) is 14.1. The van der Waals surface area contributed by atoms with Gasteiger partial charge in [-0.1, -0.05) is 48.4 Å². The lowest BCUT2D eigenvalue weighted by Crippen LogP contribution is -2.36. The highest BCUT2D eigenvalue weighted by molar-refractivity contribution is 6.32. The molecule has 270 valence electrons. The molecule has 0 saturated carbocycles. The molecule has 5 rings (SSSR count). The molecule has 3 aromatic carbocycles. The van der Waals surface area contributed by atoms with Crippen LogP contribution in [-0.2, 0) is 19.8 Å². The van der Waals surface area contributed by atoms with Crippen LogP contribution in [0.25, 0.3) is 11.1 Å². The van der Waals surface area contributed by atoms with Crippen molar-refractivity contribution in [3.63, 3.8) is 0 Å². The molecule has 1 aliphatic heterocycles. The van der Waals surface area contributed by atoms with E-state index >= 15 is 0 Å². The quantitative estimate of drug-likeness (QED) is 0.0982. The molecule has 1 aliphatic rings. The van der Waals surface area contributed by atoms with E-state index in [2.05, 4.69) is 60.2 Å². The summed E-state index contributed by atoms with van der Waals surface area (Å²) in [5, 5.41) is 31.4. The van der Waals surface area contributed by atoms with Crippen LogP contribution in [0.1, 0.15) is 66.0 Å². The molecule has 0 aliphatic carbocycles. The Morgan fingerprint density at radius 1 is 0.961 bits per heavy atom. The molecule has 0 amide bonds. The molecular formula is C41H49ClN4O5. The van der Waals surface area contributed by atoms with Gasteiger partial charge in [-0.15, -0.1) is 0 Å². The molecule has 2 atom stereocenters. The van der Waals surface area contributed by atoms with E-state index in [0.29, 0.717) is 54.4 Å². The molecule has 10 heteroatoms. The highest BCUT2D eigenvalue weighted by Crippen LogP contribution is 2.37. The predicted molar refractivity (Wildman–Crippen MR) is 200 cm³/mol. The van der Waals surface area contributed by atoms with E-state index in [4.69, 9.17) is 30.9 Å². The first-order chi connectivity index (χ1) is 24.8. The molecule has 0 radical (unpaired) electrons. The number of aromatic nitrogens is 1. The van der Waals surface area contributed by atoms with E-state index in [1.165, 1.54) is 19.3 Å². The van der Waals surface area contributed by atoms with E-state index < -0.39 is 6.10 Å². The SMILES string of the molecule is Cc1c(COc2cc(OCc3cncc(C#N)c3)c(CN3CCCC[C@H]3C)cc2Cl)cccc1-c1cccc(OCCCNC[C@H](O)CO)c1C. The van der Waals surface area contributed by atoms with Crippen LogP contribution in [0, 0.1) is 25.2 Å². The third-order valence-electron chi connectivity index (χ3n) is 9.50. The van der Waals surface area contributed by atoms with Crippen LogP contribution < -0.4 is 19.5 Å². The van der Waals surface area contributed by atoms with Gasteiger partial charge in [-0.2, -0.15) is 5.26 Å². The summed E-state index contributed by atoms with van der Waals surface area (Å²) in [6.07, 6.45) is 6.87. The standard InChI is InChI=1S/C41H49ClN4O5/c1-28-9-4-5-15-46(28)24-34-18-38(42)41(19-40(34)50-26-32-17-31(20-43)21-45-22-32)51-27-33-10-6-11-36(29(33)2)37-12-7-13-39(30(37)3)49-16-8-14-44-23-35(48)25-47/h6-7,10-13,17-19,21-22,28,35,44,47-48H,4-5,8-9,14-16,23-27H2,1-3H3/t28-,35+/m1/s1. The number of nitriles is 1. The van der Waals surface area contributed by atoms with Crippen LogP contribution in [0.3, 0.4) is 0 Å². The van der Waals surface area contributed by atoms with E-state index in [1.807, 2.05) is 30.3 Å². The Hall–Kier alpha value is -4.17. The van der Waals surface area contributed by atoms with Crippen LogP contribution in [0.4, 0.5) is 0 Å². The second-order valence-electron chi connectivity index (χ2n) is 13.2. The second kappa shape index (κ2) is 18.9. The molecule has 51 heavy (non-hydrogen) atoms. The third-order valence-corrected chi connectivity index (χ3v) is 9.79. The highest BCUT2D eigenvalue weighted by Gasteiger charge is 2.22. The van der Waals surface area contributed by atoms with Gasteiger partial charge in [0, 0.05) is 48.7 Å². The zero-order valence-electron chi connectivity index (χ0n) is 29.8. The number of nitrogens with one attached hydrogen (secondary N) is 1. The average molecular weight is 713 g/mol. The van der Waals surface area contributed by atoms with E-state index in [0.717, 1.165) is 64.2 Å². The van der Waals surface area contributed by atoms with E-state index in [9.17, 15) is 10.4 Å². The number of hydrogen-bond donors (Lipinski definition) is 3. The molecule has 1 aromatic heterocycles. The summed E-state index contributed by atoms with van der Waals surface area (Å²) in [5.74, 6) is 2.08. The number of likely N-dealkylation sites (tertiary alicyclic amines) is 1. The Morgan fingerprint density at radius 2 is 1.75 bits per heavy atom. The molecule has 0 unspecified atom stereocenters. The zero-order chi connectivity index (χ0) is 36.2. The lowest BCUT2D eigenvalue weighted by molar-refractivity contribution is 0.0942. The number of benzene rings is 3. The van der Waals surface area contributed by atoms with Crippen molar-refractivity contribution in [1.29, 1.82) is 5.26 Å². The van der Waals surface area contributed by atoms with Crippen molar-refractivity contribution in [1.82, 2.24) is 15.2 Å². The second-order valence-corrected chi connectivity index (χ2v) is 13.6. The lowest BCUT2D eigenvalue weighted by atomic mass is 9.93. The summed E-state index contributed by atoms with van der Waals surface area (Å²) >= 11 is 6.89. The maximum absolute atomic E-state index is 9.49. The monoisotopic (exact) mass is 712 g/mol. The number of pyridine rings is 1. The molecule has 1 saturated heterocycles. The molecule has 0 spiro atoms. The normalized spacial score (nSPS) is 15.3. The average Bonchev–Trinajstić information content (AvgIpc) is 3.14. The van der Waals surface area contributed by atoms with Crippen molar-refractivity contribution in [2.24, 2.45) is 0 Å². The van der Waals surface area contributed by atoms with Gasteiger partial charge in [0.25, 0.3) is 0 Å². The topological polar surface area (TPSA) is 120 Å². The van der Waals surface area contributed by atoms with Crippen LogP contribution in [0.2, 0.25) is 5.02 Å². The first-order valence-electron chi connectivity index (χ1n) is 17.7. The highest BCUT2D eigenvalue weighted by atomic mass is 35.5. The minimum absolute atomic E-state index is 0.253. The largest absolute Gasteiger partial charge is 0.493 e. The van der Waals surface area contributed by atoms with Crippen molar-refractivity contribution in [3.05, 3.63) is 105 Å². The lowest BCUT2D eigenvalue weighted by Gasteiger charge is -2.33. The van der Waals surface area contributed by atoms with Crippen molar-refractivity contribution in [3.8, 4) is 34.4 Å². The number of nitrogens with zero attached hydrogens (tertiary/aromatic N) is 3. The summed E-state index contributed by atoms with van der Waals surface area (Å²) in [4.78, 5) is 6.66. The number of ether oxygens (including phenoxy) is 3.